The van der Waals surface area contributed by atoms with Crippen LogP contribution in [0.3, 0.4) is 0 Å². The molecule has 1 fully saturated rings. The third-order valence-corrected chi connectivity index (χ3v) is 5.93. The number of hydrogen-bond acceptors (Lipinski definition) is 4. The summed E-state index contributed by atoms with van der Waals surface area (Å²) in [6.07, 6.45) is 9.24. The van der Waals surface area contributed by atoms with Crippen LogP contribution in [-0.4, -0.2) is 18.2 Å². The van der Waals surface area contributed by atoms with Gasteiger partial charge in [0.05, 0.1) is 13.2 Å². The molecule has 114 valence electrons. The first kappa shape index (κ1) is 14.8. The fraction of sp³-hybridized carbons (Fsp3) is 0.588. The monoisotopic (exact) mass is 306 g/mol. The van der Waals surface area contributed by atoms with Crippen molar-refractivity contribution in [3.63, 3.8) is 0 Å². The van der Waals surface area contributed by atoms with E-state index in [0.717, 1.165) is 41.7 Å². The molecule has 2 aliphatic rings. The number of methoxy groups -OCH3 is 1. The number of fused-ring (bicyclic) bond motifs is 1. The SMILES string of the molecule is COC(=O)C1=Cc2cc(C(O)C3CCCCC3)sc2CC1. The molecule has 0 bridgehead atoms. The van der Waals surface area contributed by atoms with Crippen LogP contribution in [0.25, 0.3) is 6.08 Å². The molecule has 1 N–H and O–H groups in total. The van der Waals surface area contributed by atoms with Crippen LogP contribution < -0.4 is 0 Å². The van der Waals surface area contributed by atoms with E-state index in [4.69, 9.17) is 4.74 Å². The van der Waals surface area contributed by atoms with Crippen molar-refractivity contribution < 1.29 is 14.6 Å². The Morgan fingerprint density at radius 3 is 2.81 bits per heavy atom. The van der Waals surface area contributed by atoms with E-state index >= 15 is 0 Å². The van der Waals surface area contributed by atoms with E-state index in [2.05, 4.69) is 6.07 Å². The maximum atomic E-state index is 11.6. The van der Waals surface area contributed by atoms with Gasteiger partial charge in [-0.1, -0.05) is 19.3 Å². The molecule has 1 unspecified atom stereocenters. The summed E-state index contributed by atoms with van der Waals surface area (Å²) in [4.78, 5) is 14.0. The number of aryl methyl sites for hydroxylation is 1. The number of aliphatic hydroxyl groups excluding tert-OH is 1. The Kier molecular flexibility index (Phi) is 4.45. The summed E-state index contributed by atoms with van der Waals surface area (Å²) in [5, 5.41) is 10.6. The number of carbonyl (C=O) groups is 1. The van der Waals surface area contributed by atoms with Crippen LogP contribution in [0.4, 0.5) is 0 Å². The minimum atomic E-state index is -0.337. The van der Waals surface area contributed by atoms with Crippen molar-refractivity contribution in [1.29, 1.82) is 0 Å². The van der Waals surface area contributed by atoms with Gasteiger partial charge in [0.1, 0.15) is 0 Å². The van der Waals surface area contributed by atoms with Gasteiger partial charge in [-0.3, -0.25) is 0 Å². The predicted molar refractivity (Wildman–Crippen MR) is 84.2 cm³/mol. The smallest absolute Gasteiger partial charge is 0.333 e. The van der Waals surface area contributed by atoms with Gasteiger partial charge in [-0.25, -0.2) is 4.79 Å². The van der Waals surface area contributed by atoms with Crippen LogP contribution >= 0.6 is 11.3 Å². The fourth-order valence-corrected chi connectivity index (χ4v) is 4.63. The molecule has 3 nitrogen and oxygen atoms in total. The van der Waals surface area contributed by atoms with Crippen LogP contribution in [0.2, 0.25) is 0 Å². The van der Waals surface area contributed by atoms with Crippen molar-refractivity contribution in [1.82, 2.24) is 0 Å². The van der Waals surface area contributed by atoms with Crippen LogP contribution in [0.1, 0.15) is 59.9 Å². The predicted octanol–water partition coefficient (Wildman–Crippen LogP) is 3.86. The maximum Gasteiger partial charge on any atom is 0.333 e. The number of rotatable bonds is 3. The van der Waals surface area contributed by atoms with Crippen molar-refractivity contribution in [3.05, 3.63) is 27.0 Å². The summed E-state index contributed by atoms with van der Waals surface area (Å²) in [7, 11) is 1.42. The molecule has 4 heteroatoms. The first-order chi connectivity index (χ1) is 10.2. The van der Waals surface area contributed by atoms with Gasteiger partial charge in [0.15, 0.2) is 0 Å². The molecule has 0 amide bonds. The van der Waals surface area contributed by atoms with Crippen LogP contribution in [0.15, 0.2) is 11.6 Å². The van der Waals surface area contributed by atoms with Gasteiger partial charge < -0.3 is 9.84 Å². The number of esters is 1. The molecule has 0 spiro atoms. The van der Waals surface area contributed by atoms with E-state index in [1.807, 2.05) is 6.08 Å². The Morgan fingerprint density at radius 1 is 1.33 bits per heavy atom. The molecule has 1 aromatic heterocycles. The van der Waals surface area contributed by atoms with E-state index in [0.29, 0.717) is 5.92 Å². The van der Waals surface area contributed by atoms with Gasteiger partial charge in [-0.2, -0.15) is 0 Å². The molecule has 0 aromatic carbocycles. The second-order valence-corrected chi connectivity index (χ2v) is 7.20. The van der Waals surface area contributed by atoms with Gasteiger partial charge in [0.2, 0.25) is 0 Å². The molecule has 1 atom stereocenters. The molecule has 1 saturated carbocycles. The fourth-order valence-electron chi connectivity index (χ4n) is 3.41. The number of ether oxygens (including phenoxy) is 1. The van der Waals surface area contributed by atoms with E-state index in [-0.39, 0.29) is 12.1 Å². The van der Waals surface area contributed by atoms with Gasteiger partial charge in [-0.15, -0.1) is 11.3 Å². The van der Waals surface area contributed by atoms with Gasteiger partial charge in [0.25, 0.3) is 0 Å². The van der Waals surface area contributed by atoms with Crippen molar-refractivity contribution in [2.24, 2.45) is 5.92 Å². The highest BCUT2D eigenvalue weighted by Crippen LogP contribution is 2.40. The maximum absolute atomic E-state index is 11.6. The largest absolute Gasteiger partial charge is 0.466 e. The molecule has 3 rings (SSSR count). The quantitative estimate of drug-likeness (QED) is 0.862. The topological polar surface area (TPSA) is 46.5 Å². The molecule has 0 aliphatic heterocycles. The van der Waals surface area contributed by atoms with Crippen LogP contribution in [0.5, 0.6) is 0 Å². The average molecular weight is 306 g/mol. The first-order valence-electron chi connectivity index (χ1n) is 7.78. The Morgan fingerprint density at radius 2 is 2.10 bits per heavy atom. The van der Waals surface area contributed by atoms with Gasteiger partial charge in [0, 0.05) is 15.3 Å². The van der Waals surface area contributed by atoms with Crippen molar-refractivity contribution >= 4 is 23.4 Å². The molecule has 0 radical (unpaired) electrons. The lowest BCUT2D eigenvalue weighted by atomic mass is 9.84. The Hall–Kier alpha value is -1.13. The standard InChI is InChI=1S/C17H22O3S/c1-20-17(19)12-7-8-14-13(9-12)10-15(21-14)16(18)11-5-3-2-4-6-11/h9-11,16,18H,2-8H2,1H3. The highest BCUT2D eigenvalue weighted by molar-refractivity contribution is 7.12. The first-order valence-corrected chi connectivity index (χ1v) is 8.60. The summed E-state index contributed by atoms with van der Waals surface area (Å²) >= 11 is 1.71. The molecular formula is C17H22O3S. The second-order valence-electron chi connectivity index (χ2n) is 6.03. The van der Waals surface area contributed by atoms with Crippen LogP contribution in [0, 0.1) is 5.92 Å². The lowest BCUT2D eigenvalue weighted by Gasteiger charge is -2.25. The summed E-state index contributed by atoms with van der Waals surface area (Å²) in [6, 6.07) is 2.07. The number of thiophene rings is 1. The minimum absolute atomic E-state index is 0.235. The summed E-state index contributed by atoms with van der Waals surface area (Å²) < 4.78 is 4.80. The molecular weight excluding hydrogens is 284 g/mol. The Labute approximate surface area is 129 Å². The lowest BCUT2D eigenvalue weighted by molar-refractivity contribution is -0.136. The zero-order valence-electron chi connectivity index (χ0n) is 12.4. The summed E-state index contributed by atoms with van der Waals surface area (Å²) in [5.41, 5.74) is 1.83. The zero-order chi connectivity index (χ0) is 14.8. The van der Waals surface area contributed by atoms with Crippen molar-refractivity contribution in [3.8, 4) is 0 Å². The molecule has 21 heavy (non-hydrogen) atoms. The van der Waals surface area contributed by atoms with Crippen molar-refractivity contribution in [2.75, 3.05) is 7.11 Å². The molecule has 2 aliphatic carbocycles. The third kappa shape index (κ3) is 3.06. The molecule has 1 heterocycles. The average Bonchev–Trinajstić information content (AvgIpc) is 2.97. The second kappa shape index (κ2) is 6.32. The van der Waals surface area contributed by atoms with Gasteiger partial charge >= 0.3 is 5.97 Å². The van der Waals surface area contributed by atoms with E-state index in [1.165, 1.54) is 31.2 Å². The highest BCUT2D eigenvalue weighted by Gasteiger charge is 2.26. The van der Waals surface area contributed by atoms with E-state index < -0.39 is 0 Å². The third-order valence-electron chi connectivity index (χ3n) is 4.65. The Bertz CT molecular complexity index is 552. The summed E-state index contributed by atoms with van der Waals surface area (Å²) in [6.45, 7) is 0. The lowest BCUT2D eigenvalue weighted by Crippen LogP contribution is -2.14. The molecule has 1 aromatic rings. The highest BCUT2D eigenvalue weighted by atomic mass is 32.1. The number of aliphatic hydroxyl groups is 1. The van der Waals surface area contributed by atoms with Crippen LogP contribution in [-0.2, 0) is 16.0 Å². The van der Waals surface area contributed by atoms with E-state index in [9.17, 15) is 9.90 Å². The number of hydrogen-bond donors (Lipinski definition) is 1. The van der Waals surface area contributed by atoms with E-state index in [1.54, 1.807) is 11.3 Å². The Balaban J connectivity index is 1.79. The van der Waals surface area contributed by atoms with Crippen molar-refractivity contribution in [2.45, 2.75) is 51.0 Å². The van der Waals surface area contributed by atoms with Gasteiger partial charge in [-0.05, 0) is 49.3 Å². The number of carbonyl (C=O) groups excluding carboxylic acids is 1. The zero-order valence-corrected chi connectivity index (χ0v) is 13.2. The molecule has 0 saturated heterocycles. The normalized spacial score (nSPS) is 20.6. The summed E-state index contributed by atoms with van der Waals surface area (Å²) in [5.74, 6) is 0.170. The minimum Gasteiger partial charge on any atom is -0.466 e.